The Kier molecular flexibility index (Phi) is 2.56. The Labute approximate surface area is 96.6 Å². The summed E-state index contributed by atoms with van der Waals surface area (Å²) in [4.78, 5) is 14.2. The summed E-state index contributed by atoms with van der Waals surface area (Å²) < 4.78 is 1.07. The molecule has 0 aliphatic heterocycles. The molecule has 0 unspecified atom stereocenters. The number of carbonyl (C=O) groups is 1. The third-order valence-corrected chi connectivity index (χ3v) is 5.23. The molecule has 1 aliphatic rings. The minimum Gasteiger partial charge on any atom is -0.293 e. The molecule has 0 saturated heterocycles. The van der Waals surface area contributed by atoms with E-state index < -0.39 is 0 Å². The lowest BCUT2D eigenvalue weighted by Gasteiger charge is -2.08. The van der Waals surface area contributed by atoms with E-state index in [0.29, 0.717) is 5.78 Å². The van der Waals surface area contributed by atoms with Gasteiger partial charge in [0, 0.05) is 14.8 Å². The fourth-order valence-corrected chi connectivity index (χ4v) is 3.32. The van der Waals surface area contributed by atoms with Gasteiger partial charge in [-0.25, -0.2) is 0 Å². The first-order chi connectivity index (χ1) is 6.59. The normalized spacial score (nSPS) is 18.2. The van der Waals surface area contributed by atoms with E-state index in [0.717, 1.165) is 28.6 Å². The number of ketones is 1. The molecule has 0 aromatic carbocycles. The van der Waals surface area contributed by atoms with Crippen molar-refractivity contribution in [2.45, 2.75) is 33.1 Å². The van der Waals surface area contributed by atoms with Crippen molar-refractivity contribution in [1.29, 1.82) is 0 Å². The van der Waals surface area contributed by atoms with Gasteiger partial charge in [0.2, 0.25) is 0 Å². The molecule has 2 rings (SSSR count). The zero-order valence-corrected chi connectivity index (χ0v) is 10.8. The monoisotopic (exact) mass is 272 g/mol. The molecule has 0 radical (unpaired) electrons. The SMILES string of the molecule is CCC1(C(=O)c2cc(Br)c(C)s2)CC1. The Balaban J connectivity index is 2.28. The lowest BCUT2D eigenvalue weighted by atomic mass is 9.97. The van der Waals surface area contributed by atoms with Crippen LogP contribution in [0.4, 0.5) is 0 Å². The van der Waals surface area contributed by atoms with Crippen molar-refractivity contribution in [3.05, 3.63) is 20.3 Å². The quantitative estimate of drug-likeness (QED) is 0.754. The summed E-state index contributed by atoms with van der Waals surface area (Å²) in [6.45, 7) is 4.15. The lowest BCUT2D eigenvalue weighted by molar-refractivity contribution is 0.0901. The van der Waals surface area contributed by atoms with Crippen LogP contribution in [0.25, 0.3) is 0 Å². The van der Waals surface area contributed by atoms with Crippen molar-refractivity contribution in [1.82, 2.24) is 0 Å². The Morgan fingerprint density at radius 1 is 1.64 bits per heavy atom. The van der Waals surface area contributed by atoms with E-state index in [1.165, 1.54) is 4.88 Å². The van der Waals surface area contributed by atoms with Crippen molar-refractivity contribution < 1.29 is 4.79 Å². The van der Waals surface area contributed by atoms with Gasteiger partial charge in [-0.15, -0.1) is 11.3 Å². The molecule has 0 bridgehead atoms. The number of carbonyl (C=O) groups excluding carboxylic acids is 1. The zero-order chi connectivity index (χ0) is 10.3. The average molecular weight is 273 g/mol. The van der Waals surface area contributed by atoms with Gasteiger partial charge in [-0.2, -0.15) is 0 Å². The Morgan fingerprint density at radius 2 is 2.29 bits per heavy atom. The largest absolute Gasteiger partial charge is 0.293 e. The zero-order valence-electron chi connectivity index (χ0n) is 8.39. The van der Waals surface area contributed by atoms with Gasteiger partial charge in [-0.3, -0.25) is 4.79 Å². The summed E-state index contributed by atoms with van der Waals surface area (Å²) >= 11 is 5.06. The molecular weight excluding hydrogens is 260 g/mol. The summed E-state index contributed by atoms with van der Waals surface area (Å²) in [5.41, 5.74) is 0.0106. The molecule has 76 valence electrons. The van der Waals surface area contributed by atoms with Crippen LogP contribution in [0.3, 0.4) is 0 Å². The number of Topliss-reactive ketones (excluding diaryl/α,β-unsaturated/α-hetero) is 1. The molecule has 1 aromatic heterocycles. The van der Waals surface area contributed by atoms with Gasteiger partial charge in [0.1, 0.15) is 0 Å². The van der Waals surface area contributed by atoms with Crippen molar-refractivity contribution in [3.63, 3.8) is 0 Å². The van der Waals surface area contributed by atoms with Crippen LogP contribution in [0.5, 0.6) is 0 Å². The molecule has 0 N–H and O–H groups in total. The molecule has 0 atom stereocenters. The number of aryl methyl sites for hydroxylation is 1. The van der Waals surface area contributed by atoms with Gasteiger partial charge < -0.3 is 0 Å². The highest BCUT2D eigenvalue weighted by Gasteiger charge is 2.48. The fraction of sp³-hybridized carbons (Fsp3) is 0.545. The number of thiophene rings is 1. The highest BCUT2D eigenvalue weighted by molar-refractivity contribution is 9.10. The van der Waals surface area contributed by atoms with Gasteiger partial charge in [-0.1, -0.05) is 6.92 Å². The third kappa shape index (κ3) is 1.57. The summed E-state index contributed by atoms with van der Waals surface area (Å²) in [5.74, 6) is 0.360. The summed E-state index contributed by atoms with van der Waals surface area (Å²) in [6, 6.07) is 1.97. The Morgan fingerprint density at radius 3 is 2.64 bits per heavy atom. The highest BCUT2D eigenvalue weighted by Crippen LogP contribution is 2.51. The molecule has 3 heteroatoms. The van der Waals surface area contributed by atoms with E-state index >= 15 is 0 Å². The first-order valence-corrected chi connectivity index (χ1v) is 6.51. The van der Waals surface area contributed by atoms with Gasteiger partial charge >= 0.3 is 0 Å². The number of halogens is 1. The van der Waals surface area contributed by atoms with Crippen molar-refractivity contribution in [3.8, 4) is 0 Å². The van der Waals surface area contributed by atoms with E-state index in [1.54, 1.807) is 11.3 Å². The van der Waals surface area contributed by atoms with Crippen LogP contribution in [0.15, 0.2) is 10.5 Å². The Hall–Kier alpha value is -0.150. The van der Waals surface area contributed by atoms with E-state index in [2.05, 4.69) is 22.9 Å². The van der Waals surface area contributed by atoms with Crippen LogP contribution in [-0.2, 0) is 0 Å². The predicted molar refractivity (Wildman–Crippen MR) is 63.0 cm³/mol. The molecule has 14 heavy (non-hydrogen) atoms. The molecule has 1 saturated carbocycles. The van der Waals surface area contributed by atoms with E-state index in [1.807, 2.05) is 13.0 Å². The molecule has 1 aromatic rings. The second kappa shape index (κ2) is 3.46. The maximum absolute atomic E-state index is 12.1. The number of rotatable bonds is 3. The highest BCUT2D eigenvalue weighted by atomic mass is 79.9. The number of hydrogen-bond acceptors (Lipinski definition) is 2. The molecule has 0 spiro atoms. The topological polar surface area (TPSA) is 17.1 Å². The molecule has 1 fully saturated rings. The fourth-order valence-electron chi connectivity index (χ4n) is 1.73. The van der Waals surface area contributed by atoms with Gasteiger partial charge in [0.25, 0.3) is 0 Å². The summed E-state index contributed by atoms with van der Waals surface area (Å²) in [7, 11) is 0. The maximum atomic E-state index is 12.1. The molecular formula is C11H13BrOS. The van der Waals surface area contributed by atoms with Gasteiger partial charge in [0.15, 0.2) is 5.78 Å². The summed E-state index contributed by atoms with van der Waals surface area (Å²) in [5, 5.41) is 0. The molecule has 1 heterocycles. The van der Waals surface area contributed by atoms with Crippen LogP contribution >= 0.6 is 27.3 Å². The van der Waals surface area contributed by atoms with Crippen LogP contribution in [0, 0.1) is 12.3 Å². The van der Waals surface area contributed by atoms with Crippen molar-refractivity contribution in [2.24, 2.45) is 5.41 Å². The van der Waals surface area contributed by atoms with Crippen molar-refractivity contribution >= 4 is 33.0 Å². The second-order valence-electron chi connectivity index (χ2n) is 3.98. The molecule has 1 aliphatic carbocycles. The standard InChI is InChI=1S/C11H13BrOS/c1-3-11(4-5-11)10(13)9-6-8(12)7(2)14-9/h6H,3-5H2,1-2H3. The van der Waals surface area contributed by atoms with Gasteiger partial charge in [0.05, 0.1) is 4.88 Å². The van der Waals surface area contributed by atoms with E-state index in [4.69, 9.17) is 0 Å². The van der Waals surface area contributed by atoms with Crippen LogP contribution in [-0.4, -0.2) is 5.78 Å². The minimum atomic E-state index is 0.0106. The lowest BCUT2D eigenvalue weighted by Crippen LogP contribution is -2.13. The first-order valence-electron chi connectivity index (χ1n) is 4.90. The minimum absolute atomic E-state index is 0.0106. The van der Waals surface area contributed by atoms with Gasteiger partial charge in [-0.05, 0) is 48.2 Å². The number of hydrogen-bond donors (Lipinski definition) is 0. The van der Waals surface area contributed by atoms with Crippen LogP contribution in [0.1, 0.15) is 40.7 Å². The smallest absolute Gasteiger partial charge is 0.178 e. The van der Waals surface area contributed by atoms with Crippen LogP contribution in [0.2, 0.25) is 0 Å². The van der Waals surface area contributed by atoms with E-state index in [-0.39, 0.29) is 5.41 Å². The van der Waals surface area contributed by atoms with Crippen molar-refractivity contribution in [2.75, 3.05) is 0 Å². The Bertz CT molecular complexity index is 357. The first kappa shape index (κ1) is 10.4. The average Bonchev–Trinajstić information content (AvgIpc) is 2.90. The third-order valence-electron chi connectivity index (χ3n) is 3.09. The molecule has 1 nitrogen and oxygen atoms in total. The second-order valence-corrected chi connectivity index (χ2v) is 6.09. The van der Waals surface area contributed by atoms with E-state index in [9.17, 15) is 4.79 Å². The predicted octanol–water partition coefficient (Wildman–Crippen LogP) is 4.19. The molecule has 0 amide bonds. The maximum Gasteiger partial charge on any atom is 0.178 e. The van der Waals surface area contributed by atoms with Crippen LogP contribution < -0.4 is 0 Å². The summed E-state index contributed by atoms with van der Waals surface area (Å²) in [6.07, 6.45) is 3.15.